The van der Waals surface area contributed by atoms with Crippen molar-refractivity contribution in [3.63, 3.8) is 0 Å². The first-order chi connectivity index (χ1) is 9.06. The van der Waals surface area contributed by atoms with Gasteiger partial charge in [-0.2, -0.15) is 0 Å². The molecule has 0 aromatic heterocycles. The summed E-state index contributed by atoms with van der Waals surface area (Å²) in [5, 5.41) is 0. The van der Waals surface area contributed by atoms with Crippen LogP contribution in [0.2, 0.25) is 0 Å². The molecule has 19 heavy (non-hydrogen) atoms. The maximum absolute atomic E-state index is 12.6. The number of benzene rings is 1. The summed E-state index contributed by atoms with van der Waals surface area (Å²) in [6, 6.07) is 8.23. The smallest absolute Gasteiger partial charge is 0.230 e. The number of nitrogens with two attached hydrogens (primary N) is 1. The van der Waals surface area contributed by atoms with Crippen molar-refractivity contribution in [3.05, 3.63) is 29.8 Å². The molecule has 1 aromatic carbocycles. The molecule has 1 aliphatic heterocycles. The fourth-order valence-electron chi connectivity index (χ4n) is 2.68. The Labute approximate surface area is 115 Å². The van der Waals surface area contributed by atoms with Gasteiger partial charge in [0.1, 0.15) is 0 Å². The van der Waals surface area contributed by atoms with Crippen molar-refractivity contribution in [1.82, 2.24) is 0 Å². The molecular weight excluding hydrogens is 236 g/mol. The molecule has 1 aliphatic rings. The molecule has 0 spiro atoms. The number of amides is 1. The first kappa shape index (κ1) is 14.1. The van der Waals surface area contributed by atoms with Crippen molar-refractivity contribution >= 4 is 11.6 Å². The predicted molar refractivity (Wildman–Crippen MR) is 79.2 cm³/mol. The van der Waals surface area contributed by atoms with Crippen LogP contribution in [0.4, 0.5) is 5.69 Å². The lowest BCUT2D eigenvalue weighted by Gasteiger charge is -2.24. The van der Waals surface area contributed by atoms with Crippen LogP contribution in [0.1, 0.15) is 38.7 Å². The van der Waals surface area contributed by atoms with Gasteiger partial charge >= 0.3 is 0 Å². The summed E-state index contributed by atoms with van der Waals surface area (Å²) in [7, 11) is 0. The molecule has 0 aliphatic carbocycles. The van der Waals surface area contributed by atoms with Crippen molar-refractivity contribution in [3.8, 4) is 0 Å². The van der Waals surface area contributed by atoms with Gasteiger partial charge in [-0.05, 0) is 30.5 Å². The van der Waals surface area contributed by atoms with Crippen LogP contribution >= 0.6 is 0 Å². The highest BCUT2D eigenvalue weighted by molar-refractivity contribution is 5.97. The summed E-state index contributed by atoms with van der Waals surface area (Å²) in [4.78, 5) is 14.6. The highest BCUT2D eigenvalue weighted by Crippen LogP contribution is 2.38. The number of carbonyl (C=O) groups excluding carboxylic acids is 1. The monoisotopic (exact) mass is 260 g/mol. The van der Waals surface area contributed by atoms with Gasteiger partial charge in [0, 0.05) is 24.1 Å². The van der Waals surface area contributed by atoms with Crippen molar-refractivity contribution in [1.29, 1.82) is 0 Å². The Bertz CT molecular complexity index is 456. The molecule has 1 aromatic rings. The second-order valence-electron chi connectivity index (χ2n) is 5.81. The largest absolute Gasteiger partial charge is 0.330 e. The zero-order valence-electron chi connectivity index (χ0n) is 12.1. The molecule has 0 saturated carbocycles. The molecule has 2 rings (SSSR count). The second-order valence-corrected chi connectivity index (χ2v) is 5.81. The average Bonchev–Trinajstić information content (AvgIpc) is 2.77. The summed E-state index contributed by atoms with van der Waals surface area (Å²) in [6.45, 7) is 7.67. The van der Waals surface area contributed by atoms with Crippen molar-refractivity contribution in [2.45, 2.75) is 33.1 Å². The molecule has 0 fully saturated rings. The minimum absolute atomic E-state index is 0.0599. The molecule has 2 N–H and O–H groups in total. The molecule has 3 heteroatoms. The average molecular weight is 260 g/mol. The minimum Gasteiger partial charge on any atom is -0.330 e. The van der Waals surface area contributed by atoms with Gasteiger partial charge in [0.05, 0.1) is 0 Å². The van der Waals surface area contributed by atoms with E-state index in [0.717, 1.165) is 18.7 Å². The zero-order valence-corrected chi connectivity index (χ0v) is 12.1. The Hall–Kier alpha value is -1.35. The van der Waals surface area contributed by atoms with E-state index in [1.54, 1.807) is 0 Å². The SMILES string of the molecule is CC(C)C(C)C(=O)N1CC(CCN)c2ccccc21. The normalized spacial score (nSPS) is 19.6. The Kier molecular flexibility index (Phi) is 4.25. The molecule has 1 amide bonds. The fourth-order valence-corrected chi connectivity index (χ4v) is 2.68. The van der Waals surface area contributed by atoms with E-state index in [1.165, 1.54) is 5.56 Å². The van der Waals surface area contributed by atoms with Gasteiger partial charge in [-0.25, -0.2) is 0 Å². The number of carbonyl (C=O) groups is 1. The maximum Gasteiger partial charge on any atom is 0.230 e. The highest BCUT2D eigenvalue weighted by Gasteiger charge is 2.34. The van der Waals surface area contributed by atoms with Crippen molar-refractivity contribution in [2.24, 2.45) is 17.6 Å². The van der Waals surface area contributed by atoms with E-state index < -0.39 is 0 Å². The zero-order chi connectivity index (χ0) is 14.0. The third-order valence-corrected chi connectivity index (χ3v) is 4.24. The molecule has 2 unspecified atom stereocenters. The Morgan fingerprint density at radius 1 is 1.37 bits per heavy atom. The van der Waals surface area contributed by atoms with Crippen LogP contribution in [0, 0.1) is 11.8 Å². The highest BCUT2D eigenvalue weighted by atomic mass is 16.2. The Balaban J connectivity index is 2.27. The molecular formula is C16H24N2O. The molecule has 104 valence electrons. The second kappa shape index (κ2) is 5.74. The van der Waals surface area contributed by atoms with Gasteiger partial charge in [0.15, 0.2) is 0 Å². The number of anilines is 1. The van der Waals surface area contributed by atoms with E-state index in [2.05, 4.69) is 26.0 Å². The topological polar surface area (TPSA) is 46.3 Å². The lowest BCUT2D eigenvalue weighted by atomic mass is 9.96. The van der Waals surface area contributed by atoms with Crippen LogP contribution < -0.4 is 10.6 Å². The van der Waals surface area contributed by atoms with Crippen LogP contribution in [-0.4, -0.2) is 19.0 Å². The van der Waals surface area contributed by atoms with Gasteiger partial charge in [-0.3, -0.25) is 4.79 Å². The van der Waals surface area contributed by atoms with E-state index in [0.29, 0.717) is 18.4 Å². The lowest BCUT2D eigenvalue weighted by molar-refractivity contribution is -0.123. The number of hydrogen-bond donors (Lipinski definition) is 1. The van der Waals surface area contributed by atoms with Gasteiger partial charge in [-0.15, -0.1) is 0 Å². The molecule has 2 atom stereocenters. The summed E-state index contributed by atoms with van der Waals surface area (Å²) in [6.07, 6.45) is 0.941. The summed E-state index contributed by atoms with van der Waals surface area (Å²) >= 11 is 0. The van der Waals surface area contributed by atoms with E-state index in [4.69, 9.17) is 5.73 Å². The van der Waals surface area contributed by atoms with Gasteiger partial charge in [0.25, 0.3) is 0 Å². The Morgan fingerprint density at radius 2 is 2.05 bits per heavy atom. The van der Waals surface area contributed by atoms with Crippen LogP contribution in [0.25, 0.3) is 0 Å². The number of para-hydroxylation sites is 1. The summed E-state index contributed by atoms with van der Waals surface area (Å²) in [5.41, 5.74) is 8.05. The van der Waals surface area contributed by atoms with Gasteiger partial charge in [-0.1, -0.05) is 39.0 Å². The van der Waals surface area contributed by atoms with Crippen LogP contribution in [0.5, 0.6) is 0 Å². The number of nitrogens with zero attached hydrogens (tertiary/aromatic N) is 1. The number of hydrogen-bond acceptors (Lipinski definition) is 2. The van der Waals surface area contributed by atoms with E-state index in [1.807, 2.05) is 24.0 Å². The van der Waals surface area contributed by atoms with E-state index in [9.17, 15) is 4.79 Å². The standard InChI is InChI=1S/C16H24N2O/c1-11(2)12(3)16(19)18-10-13(8-9-17)14-6-4-5-7-15(14)18/h4-7,11-13H,8-10,17H2,1-3H3. The van der Waals surface area contributed by atoms with Gasteiger partial charge < -0.3 is 10.6 Å². The van der Waals surface area contributed by atoms with Crippen LogP contribution in [-0.2, 0) is 4.79 Å². The fraction of sp³-hybridized carbons (Fsp3) is 0.562. The summed E-state index contributed by atoms with van der Waals surface area (Å²) in [5.74, 6) is 1.06. The first-order valence-electron chi connectivity index (χ1n) is 7.16. The molecule has 0 bridgehead atoms. The number of fused-ring (bicyclic) bond motifs is 1. The first-order valence-corrected chi connectivity index (χ1v) is 7.16. The molecule has 0 radical (unpaired) electrons. The minimum atomic E-state index is 0.0599. The van der Waals surface area contributed by atoms with Gasteiger partial charge in [0.2, 0.25) is 5.91 Å². The quantitative estimate of drug-likeness (QED) is 0.904. The molecule has 0 saturated heterocycles. The third-order valence-electron chi connectivity index (χ3n) is 4.24. The third kappa shape index (κ3) is 2.66. The Morgan fingerprint density at radius 3 is 2.68 bits per heavy atom. The van der Waals surface area contributed by atoms with Crippen LogP contribution in [0.3, 0.4) is 0 Å². The maximum atomic E-state index is 12.6. The molecule has 1 heterocycles. The molecule has 3 nitrogen and oxygen atoms in total. The lowest BCUT2D eigenvalue weighted by Crippen LogP contribution is -2.36. The summed E-state index contributed by atoms with van der Waals surface area (Å²) < 4.78 is 0. The number of rotatable bonds is 4. The van der Waals surface area contributed by atoms with Crippen molar-refractivity contribution < 1.29 is 4.79 Å². The predicted octanol–water partition coefficient (Wildman–Crippen LogP) is 2.76. The van der Waals surface area contributed by atoms with Crippen LogP contribution in [0.15, 0.2) is 24.3 Å². The van der Waals surface area contributed by atoms with Crippen molar-refractivity contribution in [2.75, 3.05) is 18.0 Å². The van der Waals surface area contributed by atoms with E-state index >= 15 is 0 Å². The van der Waals surface area contributed by atoms with E-state index in [-0.39, 0.29) is 11.8 Å².